The van der Waals surface area contributed by atoms with E-state index in [9.17, 15) is 13.2 Å². The first-order chi connectivity index (χ1) is 13.2. The minimum absolute atomic E-state index is 0.0344. The lowest BCUT2D eigenvalue weighted by Gasteiger charge is -2.20. The average Bonchev–Trinajstić information content (AvgIpc) is 2.96. The summed E-state index contributed by atoms with van der Waals surface area (Å²) in [4.78, 5) is 13.8. The van der Waals surface area contributed by atoms with Crippen LogP contribution in [0.4, 0.5) is 5.69 Å². The predicted molar refractivity (Wildman–Crippen MR) is 109 cm³/mol. The van der Waals surface area contributed by atoms with E-state index in [4.69, 9.17) is 4.74 Å². The zero-order valence-electron chi connectivity index (χ0n) is 16.7. The van der Waals surface area contributed by atoms with E-state index in [-0.39, 0.29) is 23.4 Å². The molecule has 1 aliphatic heterocycles. The molecule has 1 N–H and O–H groups in total. The monoisotopic (exact) mass is 402 g/mol. The fourth-order valence-electron chi connectivity index (χ4n) is 3.76. The molecule has 1 heterocycles. The van der Waals surface area contributed by atoms with Crippen LogP contribution in [0.2, 0.25) is 0 Å². The third kappa shape index (κ3) is 4.05. The molecular weight excluding hydrogens is 376 g/mol. The van der Waals surface area contributed by atoms with Gasteiger partial charge in [0.2, 0.25) is 15.9 Å². The van der Waals surface area contributed by atoms with Crippen LogP contribution in [0.25, 0.3) is 0 Å². The number of ether oxygens (including phenoxy) is 1. The summed E-state index contributed by atoms with van der Waals surface area (Å²) in [5, 5.41) is 0. The van der Waals surface area contributed by atoms with Gasteiger partial charge < -0.3 is 9.64 Å². The van der Waals surface area contributed by atoms with Gasteiger partial charge in [0.05, 0.1) is 12.0 Å². The molecule has 0 aromatic heterocycles. The van der Waals surface area contributed by atoms with E-state index < -0.39 is 10.0 Å². The Morgan fingerprint density at radius 2 is 2.00 bits per heavy atom. The van der Waals surface area contributed by atoms with Crippen LogP contribution in [0.5, 0.6) is 5.75 Å². The molecule has 2 aromatic rings. The molecular formula is C21H26N2O4S. The highest BCUT2D eigenvalue weighted by molar-refractivity contribution is 7.89. The number of hydrogen-bond donors (Lipinski definition) is 1. The number of benzene rings is 2. The zero-order chi connectivity index (χ0) is 20.5. The van der Waals surface area contributed by atoms with Gasteiger partial charge in [-0.3, -0.25) is 4.79 Å². The van der Waals surface area contributed by atoms with E-state index in [1.807, 2.05) is 32.0 Å². The molecule has 2 aromatic carbocycles. The highest BCUT2D eigenvalue weighted by Crippen LogP contribution is 2.33. The molecule has 0 spiro atoms. The largest absolute Gasteiger partial charge is 0.496 e. The number of fused-ring (bicyclic) bond motifs is 1. The first-order valence-electron chi connectivity index (χ1n) is 9.29. The summed E-state index contributed by atoms with van der Waals surface area (Å²) >= 11 is 0. The smallest absolute Gasteiger partial charge is 0.240 e. The van der Waals surface area contributed by atoms with Crippen molar-refractivity contribution in [3.05, 3.63) is 53.1 Å². The van der Waals surface area contributed by atoms with Gasteiger partial charge in [0.1, 0.15) is 5.75 Å². The Kier molecular flexibility index (Phi) is 5.76. The summed E-state index contributed by atoms with van der Waals surface area (Å²) in [5.41, 5.74) is 3.74. The van der Waals surface area contributed by atoms with Gasteiger partial charge in [-0.1, -0.05) is 17.7 Å². The summed E-state index contributed by atoms with van der Waals surface area (Å²) in [5.74, 6) is 0.715. The number of nitrogens with one attached hydrogen (secondary N) is 1. The van der Waals surface area contributed by atoms with Gasteiger partial charge in [0.15, 0.2) is 0 Å². The lowest BCUT2D eigenvalue weighted by molar-refractivity contribution is -0.116. The van der Waals surface area contributed by atoms with Crippen molar-refractivity contribution in [2.45, 2.75) is 44.6 Å². The maximum absolute atomic E-state index is 12.7. The molecule has 150 valence electrons. The Morgan fingerprint density at radius 1 is 1.25 bits per heavy atom. The van der Waals surface area contributed by atoms with E-state index in [0.717, 1.165) is 28.1 Å². The van der Waals surface area contributed by atoms with E-state index in [2.05, 4.69) is 4.72 Å². The molecule has 0 aliphatic carbocycles. The van der Waals surface area contributed by atoms with Crippen molar-refractivity contribution in [1.29, 1.82) is 0 Å². The molecule has 0 bridgehead atoms. The van der Waals surface area contributed by atoms with E-state index in [1.165, 1.54) is 6.92 Å². The number of anilines is 1. The molecule has 0 radical (unpaired) electrons. The Hall–Kier alpha value is -2.38. The van der Waals surface area contributed by atoms with E-state index >= 15 is 0 Å². The Balaban J connectivity index is 1.73. The van der Waals surface area contributed by atoms with E-state index in [1.54, 1.807) is 30.2 Å². The summed E-state index contributed by atoms with van der Waals surface area (Å²) in [6.45, 7) is 5.75. The quantitative estimate of drug-likeness (QED) is 0.806. The molecule has 3 rings (SSSR count). The number of sulfonamides is 1. The number of nitrogens with zero attached hydrogens (tertiary/aromatic N) is 1. The fourth-order valence-corrected chi connectivity index (χ4v) is 4.84. The Morgan fingerprint density at radius 3 is 2.68 bits per heavy atom. The van der Waals surface area contributed by atoms with Crippen molar-refractivity contribution in [3.8, 4) is 5.75 Å². The normalized spacial score (nSPS) is 16.1. The second-order valence-electron chi connectivity index (χ2n) is 7.20. The molecule has 1 atom stereocenters. The topological polar surface area (TPSA) is 75.7 Å². The minimum Gasteiger partial charge on any atom is -0.496 e. The second-order valence-corrected chi connectivity index (χ2v) is 8.96. The summed E-state index contributed by atoms with van der Waals surface area (Å²) in [6.07, 6.45) is 1.18. The fraction of sp³-hybridized carbons (Fsp3) is 0.381. The van der Waals surface area contributed by atoms with Gasteiger partial charge in [0.25, 0.3) is 0 Å². The summed E-state index contributed by atoms with van der Waals surface area (Å²) < 4.78 is 33.5. The van der Waals surface area contributed by atoms with Crippen LogP contribution in [0, 0.1) is 6.92 Å². The van der Waals surface area contributed by atoms with Crippen LogP contribution in [0.1, 0.15) is 30.5 Å². The molecule has 0 saturated heterocycles. The lowest BCUT2D eigenvalue weighted by Crippen LogP contribution is -2.33. The Labute approximate surface area is 166 Å². The number of methoxy groups -OCH3 is 1. The maximum Gasteiger partial charge on any atom is 0.240 e. The van der Waals surface area contributed by atoms with Crippen LogP contribution in [-0.4, -0.2) is 34.0 Å². The van der Waals surface area contributed by atoms with Gasteiger partial charge in [-0.15, -0.1) is 0 Å². The van der Waals surface area contributed by atoms with Crippen LogP contribution in [0.15, 0.2) is 41.3 Å². The third-order valence-electron chi connectivity index (χ3n) is 5.04. The van der Waals surface area contributed by atoms with Crippen molar-refractivity contribution in [2.24, 2.45) is 0 Å². The molecule has 1 unspecified atom stereocenters. The van der Waals surface area contributed by atoms with Crippen molar-refractivity contribution < 1.29 is 17.9 Å². The van der Waals surface area contributed by atoms with Crippen LogP contribution in [-0.2, 0) is 27.7 Å². The standard InChI is InChI=1S/C21H26N2O4S/c1-14-5-8-21(27-4)17(11-14)9-10-22-28(25,26)19-6-7-20-18(13-19)12-15(2)23(20)16(3)24/h5-8,11,13,15,22H,9-10,12H2,1-4H3. The summed E-state index contributed by atoms with van der Waals surface area (Å²) in [7, 11) is -2.03. The van der Waals surface area contributed by atoms with Gasteiger partial charge in [-0.05, 0) is 62.1 Å². The number of rotatable bonds is 6. The van der Waals surface area contributed by atoms with Crippen LogP contribution in [0.3, 0.4) is 0 Å². The molecule has 1 amide bonds. The maximum atomic E-state index is 12.7. The van der Waals surface area contributed by atoms with Gasteiger partial charge >= 0.3 is 0 Å². The second kappa shape index (κ2) is 7.93. The number of hydrogen-bond acceptors (Lipinski definition) is 4. The first kappa shape index (κ1) is 20.4. The SMILES string of the molecule is COc1ccc(C)cc1CCNS(=O)(=O)c1ccc2c(c1)CC(C)N2C(C)=O. The minimum atomic E-state index is -3.63. The van der Waals surface area contributed by atoms with Crippen molar-refractivity contribution in [2.75, 3.05) is 18.6 Å². The van der Waals surface area contributed by atoms with Crippen molar-refractivity contribution in [3.63, 3.8) is 0 Å². The number of aryl methyl sites for hydroxylation is 1. The number of amides is 1. The summed E-state index contributed by atoms with van der Waals surface area (Å²) in [6, 6.07) is 10.8. The lowest BCUT2D eigenvalue weighted by atomic mass is 10.1. The Bertz CT molecular complexity index is 1000. The van der Waals surface area contributed by atoms with Crippen LogP contribution < -0.4 is 14.4 Å². The highest BCUT2D eigenvalue weighted by Gasteiger charge is 2.30. The first-order valence-corrected chi connectivity index (χ1v) is 10.8. The molecule has 0 saturated carbocycles. The number of carbonyl (C=O) groups excluding carboxylic acids is 1. The molecule has 1 aliphatic rings. The van der Waals surface area contributed by atoms with Gasteiger partial charge in [-0.25, -0.2) is 13.1 Å². The number of carbonyl (C=O) groups is 1. The van der Waals surface area contributed by atoms with E-state index in [0.29, 0.717) is 12.8 Å². The van der Waals surface area contributed by atoms with Crippen LogP contribution >= 0.6 is 0 Å². The van der Waals surface area contributed by atoms with Gasteiger partial charge in [-0.2, -0.15) is 0 Å². The zero-order valence-corrected chi connectivity index (χ0v) is 17.5. The third-order valence-corrected chi connectivity index (χ3v) is 6.50. The van der Waals surface area contributed by atoms with Crippen molar-refractivity contribution >= 4 is 21.6 Å². The molecule has 0 fully saturated rings. The molecule has 7 heteroatoms. The average molecular weight is 403 g/mol. The van der Waals surface area contributed by atoms with Crippen molar-refractivity contribution in [1.82, 2.24) is 4.72 Å². The molecule has 28 heavy (non-hydrogen) atoms. The van der Waals surface area contributed by atoms with Gasteiger partial charge in [0, 0.05) is 25.2 Å². The highest BCUT2D eigenvalue weighted by atomic mass is 32.2. The predicted octanol–water partition coefficient (Wildman–Crippen LogP) is 2.82. The molecule has 6 nitrogen and oxygen atoms in total.